The Morgan fingerprint density at radius 2 is 2.32 bits per heavy atom. The maximum Gasteiger partial charge on any atom is 0.341 e. The molecule has 1 aromatic rings. The van der Waals surface area contributed by atoms with Gasteiger partial charge in [0.2, 0.25) is 0 Å². The van der Waals surface area contributed by atoms with Gasteiger partial charge in [0.05, 0.1) is 12.7 Å². The van der Waals surface area contributed by atoms with E-state index in [0.717, 1.165) is 19.4 Å². The fraction of sp³-hybridized carbons (Fsp3) is 0.571. The van der Waals surface area contributed by atoms with Gasteiger partial charge in [-0.1, -0.05) is 0 Å². The van der Waals surface area contributed by atoms with Crippen molar-refractivity contribution in [1.29, 1.82) is 0 Å². The van der Waals surface area contributed by atoms with E-state index in [9.17, 15) is 9.90 Å². The third-order valence-electron chi connectivity index (χ3n) is 3.39. The van der Waals surface area contributed by atoms with Crippen molar-refractivity contribution in [2.75, 3.05) is 25.1 Å². The SMILES string of the molecule is CCOC(=O)c1cccnc1N(C)CC1CC(O)C1. The Morgan fingerprint density at radius 3 is 2.95 bits per heavy atom. The number of carbonyl (C=O) groups excluding carboxylic acids is 1. The molecule has 0 spiro atoms. The molecule has 19 heavy (non-hydrogen) atoms. The zero-order valence-corrected chi connectivity index (χ0v) is 11.4. The number of esters is 1. The van der Waals surface area contributed by atoms with E-state index in [-0.39, 0.29) is 12.1 Å². The van der Waals surface area contributed by atoms with Gasteiger partial charge in [-0.25, -0.2) is 9.78 Å². The summed E-state index contributed by atoms with van der Waals surface area (Å²) in [4.78, 5) is 18.1. The summed E-state index contributed by atoms with van der Waals surface area (Å²) in [6.45, 7) is 2.93. The minimum absolute atomic E-state index is 0.161. The largest absolute Gasteiger partial charge is 0.462 e. The van der Waals surface area contributed by atoms with Gasteiger partial charge in [-0.3, -0.25) is 0 Å². The van der Waals surface area contributed by atoms with E-state index in [4.69, 9.17) is 4.74 Å². The van der Waals surface area contributed by atoms with E-state index in [2.05, 4.69) is 4.98 Å². The number of hydrogen-bond donors (Lipinski definition) is 1. The second kappa shape index (κ2) is 6.02. The Balaban J connectivity index is 2.07. The molecule has 5 nitrogen and oxygen atoms in total. The van der Waals surface area contributed by atoms with Crippen LogP contribution in [0.2, 0.25) is 0 Å². The number of aliphatic hydroxyl groups excluding tert-OH is 1. The maximum atomic E-state index is 11.9. The fourth-order valence-corrected chi connectivity index (χ4v) is 2.39. The highest BCUT2D eigenvalue weighted by molar-refractivity contribution is 5.94. The monoisotopic (exact) mass is 264 g/mol. The molecular weight excluding hydrogens is 244 g/mol. The van der Waals surface area contributed by atoms with Crippen LogP contribution in [0, 0.1) is 5.92 Å². The van der Waals surface area contributed by atoms with Crippen LogP contribution in [0.4, 0.5) is 5.82 Å². The first-order chi connectivity index (χ1) is 9.11. The van der Waals surface area contributed by atoms with E-state index < -0.39 is 0 Å². The van der Waals surface area contributed by atoms with Crippen LogP contribution in [0.5, 0.6) is 0 Å². The molecule has 2 rings (SSSR count). The van der Waals surface area contributed by atoms with Gasteiger partial charge in [-0.05, 0) is 37.8 Å². The molecule has 0 aliphatic heterocycles. The van der Waals surface area contributed by atoms with Gasteiger partial charge in [-0.15, -0.1) is 0 Å². The predicted octanol–water partition coefficient (Wildman–Crippen LogP) is 1.47. The molecule has 1 aliphatic carbocycles. The lowest BCUT2D eigenvalue weighted by Crippen LogP contribution is -2.37. The zero-order chi connectivity index (χ0) is 13.8. The van der Waals surface area contributed by atoms with Gasteiger partial charge in [-0.2, -0.15) is 0 Å². The van der Waals surface area contributed by atoms with Crippen molar-refractivity contribution >= 4 is 11.8 Å². The van der Waals surface area contributed by atoms with Crippen molar-refractivity contribution in [3.05, 3.63) is 23.9 Å². The van der Waals surface area contributed by atoms with Crippen LogP contribution >= 0.6 is 0 Å². The molecule has 1 fully saturated rings. The number of ether oxygens (including phenoxy) is 1. The first-order valence-corrected chi connectivity index (χ1v) is 6.63. The lowest BCUT2D eigenvalue weighted by Gasteiger charge is -2.35. The summed E-state index contributed by atoms with van der Waals surface area (Å²) in [5.41, 5.74) is 0.492. The van der Waals surface area contributed by atoms with Crippen molar-refractivity contribution in [2.45, 2.75) is 25.9 Å². The van der Waals surface area contributed by atoms with Gasteiger partial charge in [0.25, 0.3) is 0 Å². The van der Waals surface area contributed by atoms with Crippen LogP contribution in [-0.4, -0.2) is 42.4 Å². The molecule has 1 N–H and O–H groups in total. The molecule has 0 saturated heterocycles. The molecule has 1 aliphatic rings. The van der Waals surface area contributed by atoms with Crippen molar-refractivity contribution in [2.24, 2.45) is 5.92 Å². The number of pyridine rings is 1. The highest BCUT2D eigenvalue weighted by Crippen LogP contribution is 2.29. The Labute approximate surface area is 113 Å². The Kier molecular flexibility index (Phi) is 4.37. The lowest BCUT2D eigenvalue weighted by atomic mass is 9.82. The molecule has 104 valence electrons. The van der Waals surface area contributed by atoms with Crippen LogP contribution in [0.1, 0.15) is 30.1 Å². The van der Waals surface area contributed by atoms with Crippen molar-refractivity contribution in [1.82, 2.24) is 4.98 Å². The van der Waals surface area contributed by atoms with Gasteiger partial charge < -0.3 is 14.7 Å². The number of aliphatic hydroxyl groups is 1. The summed E-state index contributed by atoms with van der Waals surface area (Å²) in [6, 6.07) is 3.46. The summed E-state index contributed by atoms with van der Waals surface area (Å²) < 4.78 is 5.04. The van der Waals surface area contributed by atoms with Crippen molar-refractivity contribution in [3.63, 3.8) is 0 Å². The molecule has 0 radical (unpaired) electrons. The number of aromatic nitrogens is 1. The van der Waals surface area contributed by atoms with E-state index in [1.165, 1.54) is 0 Å². The lowest BCUT2D eigenvalue weighted by molar-refractivity contribution is 0.0460. The molecule has 0 amide bonds. The van der Waals surface area contributed by atoms with E-state index >= 15 is 0 Å². The van der Waals surface area contributed by atoms with E-state index in [0.29, 0.717) is 23.9 Å². The van der Waals surface area contributed by atoms with Crippen molar-refractivity contribution in [3.8, 4) is 0 Å². The molecule has 1 heterocycles. The highest BCUT2D eigenvalue weighted by atomic mass is 16.5. The van der Waals surface area contributed by atoms with Crippen LogP contribution in [0.25, 0.3) is 0 Å². The van der Waals surface area contributed by atoms with Gasteiger partial charge in [0.1, 0.15) is 11.4 Å². The third kappa shape index (κ3) is 3.23. The minimum Gasteiger partial charge on any atom is -0.462 e. The second-order valence-electron chi connectivity index (χ2n) is 4.97. The Hall–Kier alpha value is -1.62. The number of carbonyl (C=O) groups is 1. The predicted molar refractivity (Wildman–Crippen MR) is 72.2 cm³/mol. The summed E-state index contributed by atoms with van der Waals surface area (Å²) >= 11 is 0. The van der Waals surface area contributed by atoms with Gasteiger partial charge >= 0.3 is 5.97 Å². The molecule has 0 atom stereocenters. The summed E-state index contributed by atoms with van der Waals surface area (Å²) in [5, 5.41) is 9.31. The number of rotatable bonds is 5. The second-order valence-corrected chi connectivity index (χ2v) is 4.97. The van der Waals surface area contributed by atoms with Crippen LogP contribution < -0.4 is 4.90 Å². The molecule has 0 unspecified atom stereocenters. The van der Waals surface area contributed by atoms with Gasteiger partial charge in [0.15, 0.2) is 0 Å². The van der Waals surface area contributed by atoms with Crippen molar-refractivity contribution < 1.29 is 14.6 Å². The third-order valence-corrected chi connectivity index (χ3v) is 3.39. The summed E-state index contributed by atoms with van der Waals surface area (Å²) in [6.07, 6.45) is 3.16. The summed E-state index contributed by atoms with van der Waals surface area (Å²) in [7, 11) is 1.91. The average molecular weight is 264 g/mol. The maximum absolute atomic E-state index is 11.9. The topological polar surface area (TPSA) is 62.7 Å². The van der Waals surface area contributed by atoms with Crippen LogP contribution in [0.15, 0.2) is 18.3 Å². The normalized spacial score (nSPS) is 21.6. The summed E-state index contributed by atoms with van der Waals surface area (Å²) in [5.74, 6) is 0.769. The quantitative estimate of drug-likeness (QED) is 0.816. The number of nitrogens with zero attached hydrogens (tertiary/aromatic N) is 2. The Morgan fingerprint density at radius 1 is 1.58 bits per heavy atom. The number of anilines is 1. The van der Waals surface area contributed by atoms with Crippen LogP contribution in [-0.2, 0) is 4.74 Å². The van der Waals surface area contributed by atoms with Gasteiger partial charge in [0, 0.05) is 19.8 Å². The zero-order valence-electron chi connectivity index (χ0n) is 11.4. The standard InChI is InChI=1S/C14H20N2O3/c1-3-19-14(18)12-5-4-6-15-13(12)16(2)9-10-7-11(17)8-10/h4-6,10-11,17H,3,7-9H2,1-2H3. The van der Waals surface area contributed by atoms with E-state index in [1.807, 2.05) is 11.9 Å². The highest BCUT2D eigenvalue weighted by Gasteiger charge is 2.29. The smallest absolute Gasteiger partial charge is 0.341 e. The average Bonchev–Trinajstić information content (AvgIpc) is 2.37. The molecule has 0 bridgehead atoms. The molecule has 1 aromatic heterocycles. The first kappa shape index (κ1) is 13.8. The molecule has 1 saturated carbocycles. The van der Waals surface area contributed by atoms with Crippen LogP contribution in [0.3, 0.4) is 0 Å². The molecular formula is C14H20N2O3. The minimum atomic E-state index is -0.342. The van der Waals surface area contributed by atoms with E-state index in [1.54, 1.807) is 25.3 Å². The Bertz CT molecular complexity index is 444. The fourth-order valence-electron chi connectivity index (χ4n) is 2.39. The first-order valence-electron chi connectivity index (χ1n) is 6.63. The molecule has 0 aromatic carbocycles. The molecule has 5 heteroatoms. The number of hydrogen-bond acceptors (Lipinski definition) is 5.